The van der Waals surface area contributed by atoms with Gasteiger partial charge in [-0.15, -0.1) is 0 Å². The quantitative estimate of drug-likeness (QED) is 0.854. The second kappa shape index (κ2) is 7.60. The summed E-state index contributed by atoms with van der Waals surface area (Å²) in [5.74, 6) is -1.72. The summed E-state index contributed by atoms with van der Waals surface area (Å²) in [4.78, 5) is 0.587. The van der Waals surface area contributed by atoms with E-state index in [4.69, 9.17) is 11.6 Å². The second-order valence-corrected chi connectivity index (χ2v) is 8.69. The summed E-state index contributed by atoms with van der Waals surface area (Å²) in [5.41, 5.74) is 1.01. The summed E-state index contributed by atoms with van der Waals surface area (Å²) in [6, 6.07) is 10.2. The summed E-state index contributed by atoms with van der Waals surface area (Å²) in [7, 11) is -4.06. The third-order valence-electron chi connectivity index (χ3n) is 4.86. The van der Waals surface area contributed by atoms with Crippen LogP contribution in [0, 0.1) is 11.6 Å². The number of hydrogen-bond donors (Lipinski definition) is 1. The summed E-state index contributed by atoms with van der Waals surface area (Å²) >= 11 is 6.26. The number of sulfonamides is 1. The molecule has 0 unspecified atom stereocenters. The lowest BCUT2D eigenvalue weighted by molar-refractivity contribution is -0.933. The van der Waals surface area contributed by atoms with Crippen LogP contribution in [0.1, 0.15) is 18.5 Å². The Morgan fingerprint density at radius 3 is 2.42 bits per heavy atom. The molecule has 1 saturated heterocycles. The average Bonchev–Trinajstić information content (AvgIpc) is 2.63. The summed E-state index contributed by atoms with van der Waals surface area (Å²) in [6.07, 6.45) is 0. The van der Waals surface area contributed by atoms with Crippen LogP contribution in [0.25, 0.3) is 0 Å². The maximum atomic E-state index is 13.9. The molecule has 0 aromatic heterocycles. The highest BCUT2D eigenvalue weighted by Gasteiger charge is 2.34. The van der Waals surface area contributed by atoms with E-state index >= 15 is 0 Å². The maximum Gasteiger partial charge on any atom is 0.246 e. The summed E-state index contributed by atoms with van der Waals surface area (Å²) in [5, 5.41) is 0.685. The van der Waals surface area contributed by atoms with Crippen LogP contribution in [0.2, 0.25) is 5.02 Å². The molecule has 26 heavy (non-hydrogen) atoms. The number of benzene rings is 2. The zero-order valence-corrected chi connectivity index (χ0v) is 15.8. The van der Waals surface area contributed by atoms with E-state index in [2.05, 4.69) is 0 Å². The van der Waals surface area contributed by atoms with Crippen LogP contribution in [-0.4, -0.2) is 38.9 Å². The number of nitrogens with zero attached hydrogens (tertiary/aromatic N) is 1. The van der Waals surface area contributed by atoms with E-state index in [1.807, 2.05) is 31.2 Å². The zero-order valence-electron chi connectivity index (χ0n) is 14.3. The molecular weight excluding hydrogens is 382 g/mol. The van der Waals surface area contributed by atoms with Crippen molar-refractivity contribution in [3.8, 4) is 0 Å². The predicted molar refractivity (Wildman–Crippen MR) is 95.7 cm³/mol. The van der Waals surface area contributed by atoms with E-state index in [-0.39, 0.29) is 19.1 Å². The van der Waals surface area contributed by atoms with Gasteiger partial charge in [-0.05, 0) is 31.2 Å². The van der Waals surface area contributed by atoms with Gasteiger partial charge in [0.05, 0.1) is 26.2 Å². The molecule has 0 spiro atoms. The predicted octanol–water partition coefficient (Wildman–Crippen LogP) is 2.27. The highest BCUT2D eigenvalue weighted by Crippen LogP contribution is 2.22. The molecule has 0 bridgehead atoms. The van der Waals surface area contributed by atoms with Crippen molar-refractivity contribution in [3.05, 3.63) is 64.7 Å². The molecule has 140 valence electrons. The number of piperazine rings is 1. The van der Waals surface area contributed by atoms with Crippen molar-refractivity contribution in [2.24, 2.45) is 0 Å². The van der Waals surface area contributed by atoms with Crippen LogP contribution >= 0.6 is 11.6 Å². The first-order valence-electron chi connectivity index (χ1n) is 8.35. The van der Waals surface area contributed by atoms with Crippen molar-refractivity contribution in [1.82, 2.24) is 4.31 Å². The first-order chi connectivity index (χ1) is 12.3. The third-order valence-corrected chi connectivity index (χ3v) is 7.12. The Kier molecular flexibility index (Phi) is 5.62. The average molecular weight is 402 g/mol. The van der Waals surface area contributed by atoms with Crippen LogP contribution in [0.3, 0.4) is 0 Å². The standard InChI is InChI=1S/C18H19ClF2N2O2S/c1-13(15-4-2-3-5-16(15)19)22-8-10-23(11-9-22)26(24,25)18-12-14(20)6-7-17(18)21/h2-7,12-13H,8-11H2,1H3/p+1/t13-/m1/s1. The Balaban J connectivity index is 1.74. The topological polar surface area (TPSA) is 41.8 Å². The molecule has 1 heterocycles. The molecule has 0 radical (unpaired) electrons. The smallest absolute Gasteiger partial charge is 0.246 e. The minimum absolute atomic E-state index is 0.111. The van der Waals surface area contributed by atoms with Gasteiger partial charge in [-0.2, -0.15) is 4.31 Å². The molecule has 1 fully saturated rings. The zero-order chi connectivity index (χ0) is 18.9. The molecule has 1 aliphatic rings. The van der Waals surface area contributed by atoms with Crippen LogP contribution in [0.15, 0.2) is 47.4 Å². The molecule has 2 aromatic rings. The Hall–Kier alpha value is -1.54. The van der Waals surface area contributed by atoms with Gasteiger partial charge in [-0.1, -0.05) is 29.8 Å². The van der Waals surface area contributed by atoms with Crippen molar-refractivity contribution >= 4 is 21.6 Å². The van der Waals surface area contributed by atoms with Crippen molar-refractivity contribution in [1.29, 1.82) is 0 Å². The molecule has 1 aliphatic heterocycles. The lowest BCUT2D eigenvalue weighted by Crippen LogP contribution is -3.14. The Bertz CT molecular complexity index is 900. The Morgan fingerprint density at radius 1 is 1.12 bits per heavy atom. The SMILES string of the molecule is C[C@H](c1ccccc1Cl)[NH+]1CCN(S(=O)(=O)c2cc(F)ccc2F)CC1. The molecular formula is C18H20ClF2N2O2S+. The van der Waals surface area contributed by atoms with Crippen LogP contribution in [0.4, 0.5) is 8.78 Å². The van der Waals surface area contributed by atoms with Gasteiger partial charge in [0, 0.05) is 10.6 Å². The van der Waals surface area contributed by atoms with Crippen molar-refractivity contribution in [2.45, 2.75) is 17.9 Å². The van der Waals surface area contributed by atoms with Gasteiger partial charge in [-0.25, -0.2) is 17.2 Å². The molecule has 8 heteroatoms. The summed E-state index contributed by atoms with van der Waals surface area (Å²) < 4.78 is 53.8. The largest absolute Gasteiger partial charge is 0.327 e. The lowest BCUT2D eigenvalue weighted by atomic mass is 10.1. The number of nitrogens with one attached hydrogen (secondary N) is 1. The minimum atomic E-state index is -4.06. The number of hydrogen-bond acceptors (Lipinski definition) is 2. The van der Waals surface area contributed by atoms with E-state index in [0.717, 1.165) is 23.8 Å². The van der Waals surface area contributed by atoms with Gasteiger partial charge < -0.3 is 4.90 Å². The molecule has 3 rings (SSSR count). The van der Waals surface area contributed by atoms with Gasteiger partial charge in [0.15, 0.2) is 0 Å². The van der Waals surface area contributed by atoms with Crippen molar-refractivity contribution < 1.29 is 22.1 Å². The van der Waals surface area contributed by atoms with Gasteiger partial charge in [-0.3, -0.25) is 0 Å². The monoisotopic (exact) mass is 401 g/mol. The van der Waals surface area contributed by atoms with Gasteiger partial charge in [0.2, 0.25) is 10.0 Å². The normalized spacial score (nSPS) is 18.0. The molecule has 1 atom stereocenters. The molecule has 0 aliphatic carbocycles. The van der Waals surface area contributed by atoms with E-state index in [1.165, 1.54) is 9.21 Å². The van der Waals surface area contributed by atoms with E-state index in [0.29, 0.717) is 18.1 Å². The van der Waals surface area contributed by atoms with E-state index in [9.17, 15) is 17.2 Å². The first kappa shape index (κ1) is 19.2. The third kappa shape index (κ3) is 3.76. The number of quaternary nitrogens is 1. The fourth-order valence-electron chi connectivity index (χ4n) is 3.31. The van der Waals surface area contributed by atoms with Gasteiger partial charge >= 0.3 is 0 Å². The fraction of sp³-hybridized carbons (Fsp3) is 0.333. The number of rotatable bonds is 4. The highest BCUT2D eigenvalue weighted by molar-refractivity contribution is 7.89. The molecule has 2 aromatic carbocycles. The number of halogens is 3. The molecule has 4 nitrogen and oxygen atoms in total. The molecule has 0 saturated carbocycles. The van der Waals surface area contributed by atoms with Gasteiger partial charge in [0.1, 0.15) is 22.6 Å². The Labute approximate surface area is 157 Å². The minimum Gasteiger partial charge on any atom is -0.327 e. The lowest BCUT2D eigenvalue weighted by Gasteiger charge is -2.35. The van der Waals surface area contributed by atoms with Crippen molar-refractivity contribution in [2.75, 3.05) is 26.2 Å². The van der Waals surface area contributed by atoms with E-state index in [1.54, 1.807) is 0 Å². The molecule has 0 amide bonds. The maximum absolute atomic E-state index is 13.9. The van der Waals surface area contributed by atoms with Crippen molar-refractivity contribution in [3.63, 3.8) is 0 Å². The highest BCUT2D eigenvalue weighted by atomic mass is 35.5. The van der Waals surface area contributed by atoms with Crippen LogP contribution < -0.4 is 4.90 Å². The van der Waals surface area contributed by atoms with Crippen LogP contribution in [-0.2, 0) is 10.0 Å². The Morgan fingerprint density at radius 2 is 1.77 bits per heavy atom. The first-order valence-corrected chi connectivity index (χ1v) is 10.2. The van der Waals surface area contributed by atoms with E-state index < -0.39 is 26.6 Å². The van der Waals surface area contributed by atoms with Gasteiger partial charge in [0.25, 0.3) is 0 Å². The molecule has 1 N–H and O–H groups in total. The second-order valence-electron chi connectivity index (χ2n) is 6.38. The van der Waals surface area contributed by atoms with Crippen LogP contribution in [0.5, 0.6) is 0 Å². The fourth-order valence-corrected chi connectivity index (χ4v) is 5.12. The summed E-state index contributed by atoms with van der Waals surface area (Å²) in [6.45, 7) is 3.64.